The number of halogens is 1. The molecule has 0 fully saturated rings. The fourth-order valence-electron chi connectivity index (χ4n) is 2.07. The molecule has 3 nitrogen and oxygen atoms in total. The quantitative estimate of drug-likeness (QED) is 0.898. The van der Waals surface area contributed by atoms with Crippen molar-refractivity contribution in [2.45, 2.75) is 13.8 Å². The van der Waals surface area contributed by atoms with Crippen LogP contribution in [-0.2, 0) is 0 Å². The van der Waals surface area contributed by atoms with E-state index in [9.17, 15) is 4.79 Å². The third-order valence-corrected chi connectivity index (χ3v) is 3.55. The molecule has 2 aromatic carbocycles. The smallest absolute Gasteiger partial charge is 0.256 e. The summed E-state index contributed by atoms with van der Waals surface area (Å²) in [5.74, 6) is -0.199. The maximum Gasteiger partial charge on any atom is 0.256 e. The summed E-state index contributed by atoms with van der Waals surface area (Å²) in [6.07, 6.45) is 0. The molecule has 0 bridgehead atoms. The highest BCUT2D eigenvalue weighted by Gasteiger charge is 2.14. The van der Waals surface area contributed by atoms with Crippen LogP contribution in [0, 0.1) is 25.2 Å². The molecule has 2 aromatic rings. The van der Waals surface area contributed by atoms with Crippen LogP contribution in [-0.4, -0.2) is 5.91 Å². The molecule has 1 amide bonds. The third-order valence-electron chi connectivity index (χ3n) is 3.06. The van der Waals surface area contributed by atoms with Crippen molar-refractivity contribution in [2.75, 3.05) is 5.32 Å². The summed E-state index contributed by atoms with van der Waals surface area (Å²) in [5.41, 5.74) is 3.42. The summed E-state index contributed by atoms with van der Waals surface area (Å²) >= 11 is 3.34. The summed E-state index contributed by atoms with van der Waals surface area (Å²) in [5, 5.41) is 11.9. The molecule has 0 unspecified atom stereocenters. The Morgan fingerprint density at radius 3 is 2.45 bits per heavy atom. The number of nitrogens with zero attached hydrogens (tertiary/aromatic N) is 1. The number of carbonyl (C=O) groups excluding carboxylic acids is 1. The van der Waals surface area contributed by atoms with Gasteiger partial charge in [-0.15, -0.1) is 0 Å². The van der Waals surface area contributed by atoms with Crippen LogP contribution >= 0.6 is 15.9 Å². The van der Waals surface area contributed by atoms with Crippen molar-refractivity contribution >= 4 is 27.5 Å². The fraction of sp³-hybridized carbons (Fsp3) is 0.125. The number of anilines is 1. The van der Waals surface area contributed by atoms with Crippen molar-refractivity contribution in [3.63, 3.8) is 0 Å². The van der Waals surface area contributed by atoms with Crippen LogP contribution in [0.1, 0.15) is 27.0 Å². The maximum atomic E-state index is 12.4. The third kappa shape index (κ3) is 2.89. The van der Waals surface area contributed by atoms with Crippen molar-refractivity contribution in [3.05, 3.63) is 63.1 Å². The second-order valence-corrected chi connectivity index (χ2v) is 5.44. The van der Waals surface area contributed by atoms with Crippen LogP contribution < -0.4 is 5.32 Å². The predicted molar refractivity (Wildman–Crippen MR) is 82.7 cm³/mol. The Kier molecular flexibility index (Phi) is 4.21. The molecule has 100 valence electrons. The minimum atomic E-state index is -0.199. The van der Waals surface area contributed by atoms with Gasteiger partial charge in [0.05, 0.1) is 11.3 Å². The van der Waals surface area contributed by atoms with Crippen molar-refractivity contribution in [3.8, 4) is 6.07 Å². The zero-order chi connectivity index (χ0) is 14.7. The van der Waals surface area contributed by atoms with E-state index in [0.29, 0.717) is 16.8 Å². The van der Waals surface area contributed by atoms with E-state index in [0.717, 1.165) is 15.6 Å². The second kappa shape index (κ2) is 5.89. The normalized spacial score (nSPS) is 9.90. The van der Waals surface area contributed by atoms with Gasteiger partial charge in [0.1, 0.15) is 6.07 Å². The van der Waals surface area contributed by atoms with Gasteiger partial charge >= 0.3 is 0 Å². The molecular formula is C16H13BrN2O. The second-order valence-electron chi connectivity index (χ2n) is 4.52. The van der Waals surface area contributed by atoms with Gasteiger partial charge in [0.25, 0.3) is 5.91 Å². The lowest BCUT2D eigenvalue weighted by Crippen LogP contribution is -2.15. The first-order valence-electron chi connectivity index (χ1n) is 6.10. The zero-order valence-electron chi connectivity index (χ0n) is 11.2. The monoisotopic (exact) mass is 328 g/mol. The van der Waals surface area contributed by atoms with Crippen LogP contribution in [0.15, 0.2) is 40.9 Å². The van der Waals surface area contributed by atoms with E-state index in [1.165, 1.54) is 0 Å². The zero-order valence-corrected chi connectivity index (χ0v) is 12.8. The van der Waals surface area contributed by atoms with Crippen LogP contribution in [0.4, 0.5) is 5.69 Å². The number of hydrogen-bond acceptors (Lipinski definition) is 2. The lowest BCUT2D eigenvalue weighted by molar-refractivity contribution is 0.102. The molecule has 0 aliphatic rings. The molecule has 0 aliphatic heterocycles. The molecular weight excluding hydrogens is 316 g/mol. The molecule has 2 rings (SSSR count). The molecule has 0 atom stereocenters. The Morgan fingerprint density at radius 2 is 1.85 bits per heavy atom. The molecule has 0 aliphatic carbocycles. The van der Waals surface area contributed by atoms with Gasteiger partial charge in [-0.1, -0.05) is 34.1 Å². The maximum absolute atomic E-state index is 12.4. The predicted octanol–water partition coefficient (Wildman–Crippen LogP) is 4.19. The molecule has 0 radical (unpaired) electrons. The van der Waals surface area contributed by atoms with E-state index in [-0.39, 0.29) is 5.91 Å². The van der Waals surface area contributed by atoms with Gasteiger partial charge in [0.15, 0.2) is 0 Å². The van der Waals surface area contributed by atoms with Gasteiger partial charge in [-0.05, 0) is 43.2 Å². The van der Waals surface area contributed by atoms with E-state index in [1.807, 2.05) is 32.0 Å². The molecule has 20 heavy (non-hydrogen) atoms. The molecule has 0 saturated heterocycles. The lowest BCUT2D eigenvalue weighted by Gasteiger charge is -2.11. The summed E-state index contributed by atoms with van der Waals surface area (Å²) in [6, 6.07) is 13.0. The van der Waals surface area contributed by atoms with Crippen LogP contribution in [0.2, 0.25) is 0 Å². The number of nitrogens with one attached hydrogen (secondary N) is 1. The van der Waals surface area contributed by atoms with Gasteiger partial charge in [0.2, 0.25) is 0 Å². The molecule has 4 heteroatoms. The topological polar surface area (TPSA) is 52.9 Å². The van der Waals surface area contributed by atoms with Crippen LogP contribution in [0.25, 0.3) is 0 Å². The Bertz CT molecular complexity index is 697. The van der Waals surface area contributed by atoms with E-state index in [4.69, 9.17) is 5.26 Å². The van der Waals surface area contributed by atoms with E-state index in [2.05, 4.69) is 27.3 Å². The van der Waals surface area contributed by atoms with Crippen LogP contribution in [0.5, 0.6) is 0 Å². The summed E-state index contributed by atoms with van der Waals surface area (Å²) in [6.45, 7) is 3.79. The van der Waals surface area contributed by atoms with Gasteiger partial charge in [-0.3, -0.25) is 4.79 Å². The minimum Gasteiger partial charge on any atom is -0.321 e. The summed E-state index contributed by atoms with van der Waals surface area (Å²) in [7, 11) is 0. The fourth-order valence-corrected chi connectivity index (χ4v) is 2.44. The largest absolute Gasteiger partial charge is 0.321 e. The van der Waals surface area contributed by atoms with Crippen molar-refractivity contribution in [1.82, 2.24) is 0 Å². The minimum absolute atomic E-state index is 0.199. The van der Waals surface area contributed by atoms with E-state index in [1.54, 1.807) is 18.2 Å². The van der Waals surface area contributed by atoms with Gasteiger partial charge < -0.3 is 5.32 Å². The van der Waals surface area contributed by atoms with Gasteiger partial charge in [-0.25, -0.2) is 0 Å². The highest BCUT2D eigenvalue weighted by molar-refractivity contribution is 9.10. The Hall–Kier alpha value is -2.12. The molecule has 0 heterocycles. The van der Waals surface area contributed by atoms with Crippen LogP contribution in [0.3, 0.4) is 0 Å². The van der Waals surface area contributed by atoms with Crippen molar-refractivity contribution in [2.24, 2.45) is 0 Å². The number of carbonyl (C=O) groups is 1. The number of hydrogen-bond donors (Lipinski definition) is 1. The number of aryl methyl sites for hydroxylation is 2. The molecule has 0 aromatic heterocycles. The Labute approximate surface area is 126 Å². The SMILES string of the molecule is Cc1cccc(C)c1C(=O)Nc1cc(Br)ccc1C#N. The average Bonchev–Trinajstić information content (AvgIpc) is 2.38. The summed E-state index contributed by atoms with van der Waals surface area (Å²) < 4.78 is 0.813. The lowest BCUT2D eigenvalue weighted by atomic mass is 10.0. The van der Waals surface area contributed by atoms with Crippen molar-refractivity contribution < 1.29 is 4.79 Å². The first-order valence-corrected chi connectivity index (χ1v) is 6.89. The van der Waals surface area contributed by atoms with E-state index >= 15 is 0 Å². The standard InChI is InChI=1S/C16H13BrN2O/c1-10-4-3-5-11(2)15(10)16(20)19-14-8-13(17)7-6-12(14)9-18/h3-8H,1-2H3,(H,19,20). The van der Waals surface area contributed by atoms with Crippen molar-refractivity contribution in [1.29, 1.82) is 5.26 Å². The number of benzene rings is 2. The molecule has 0 saturated carbocycles. The highest BCUT2D eigenvalue weighted by atomic mass is 79.9. The number of rotatable bonds is 2. The Morgan fingerprint density at radius 1 is 1.20 bits per heavy atom. The average molecular weight is 329 g/mol. The van der Waals surface area contributed by atoms with Gasteiger partial charge in [0, 0.05) is 10.0 Å². The highest BCUT2D eigenvalue weighted by Crippen LogP contribution is 2.22. The first kappa shape index (κ1) is 14.3. The summed E-state index contributed by atoms with van der Waals surface area (Å²) in [4.78, 5) is 12.4. The molecule has 0 spiro atoms. The number of nitriles is 1. The first-order chi connectivity index (χ1) is 9.52. The number of amides is 1. The molecule has 1 N–H and O–H groups in total. The van der Waals surface area contributed by atoms with E-state index < -0.39 is 0 Å². The Balaban J connectivity index is 2.38. The van der Waals surface area contributed by atoms with Gasteiger partial charge in [-0.2, -0.15) is 5.26 Å².